The Morgan fingerprint density at radius 3 is 2.50 bits per heavy atom. The Bertz CT molecular complexity index is 768. The second-order valence-corrected chi connectivity index (χ2v) is 6.09. The first kappa shape index (κ1) is 14.8. The molecule has 2 heterocycles. The molecular weight excluding hydrogens is 298 g/mol. The summed E-state index contributed by atoms with van der Waals surface area (Å²) >= 11 is 1.51. The number of oxazole rings is 1. The molecule has 0 spiro atoms. The molecule has 7 heteroatoms. The van der Waals surface area contributed by atoms with Crippen molar-refractivity contribution >= 4 is 11.8 Å². The van der Waals surface area contributed by atoms with E-state index >= 15 is 0 Å². The molecule has 0 unspecified atom stereocenters. The van der Waals surface area contributed by atoms with Gasteiger partial charge in [0.05, 0.1) is 17.1 Å². The molecule has 0 bridgehead atoms. The molecular formula is C15H17N5OS. The number of nitrogens with zero attached hydrogens (tertiary/aromatic N) is 5. The van der Waals surface area contributed by atoms with Crippen molar-refractivity contribution in [2.24, 2.45) is 0 Å². The van der Waals surface area contributed by atoms with Crippen LogP contribution < -0.4 is 0 Å². The molecule has 6 nitrogen and oxygen atoms in total. The van der Waals surface area contributed by atoms with Crippen LogP contribution >= 0.6 is 11.8 Å². The van der Waals surface area contributed by atoms with Crippen molar-refractivity contribution in [2.75, 3.05) is 0 Å². The fraction of sp³-hybridized carbons (Fsp3) is 0.333. The number of thioether (sulfide) groups is 1. The van der Waals surface area contributed by atoms with Crippen LogP contribution in [0.1, 0.15) is 28.5 Å². The van der Waals surface area contributed by atoms with Crippen molar-refractivity contribution in [3.63, 3.8) is 0 Å². The normalized spacial score (nSPS) is 11.1. The minimum Gasteiger partial charge on any atom is -0.445 e. The predicted octanol–water partition coefficient (Wildman–Crippen LogP) is 3.18. The third kappa shape index (κ3) is 2.76. The number of para-hydroxylation sites is 1. The van der Waals surface area contributed by atoms with Crippen molar-refractivity contribution in [3.05, 3.63) is 46.7 Å². The van der Waals surface area contributed by atoms with E-state index in [1.165, 1.54) is 11.8 Å². The van der Waals surface area contributed by atoms with E-state index in [0.29, 0.717) is 11.6 Å². The molecule has 0 aliphatic carbocycles. The number of hydrogen-bond acceptors (Lipinski definition) is 6. The van der Waals surface area contributed by atoms with Crippen molar-refractivity contribution in [2.45, 2.75) is 38.6 Å². The zero-order chi connectivity index (χ0) is 15.7. The summed E-state index contributed by atoms with van der Waals surface area (Å²) in [4.78, 5) is 4.38. The van der Waals surface area contributed by atoms with Gasteiger partial charge in [-0.15, -0.1) is 5.10 Å². The van der Waals surface area contributed by atoms with Crippen LogP contribution in [0.2, 0.25) is 0 Å². The van der Waals surface area contributed by atoms with Crippen LogP contribution in [0.5, 0.6) is 0 Å². The van der Waals surface area contributed by atoms with E-state index in [4.69, 9.17) is 4.42 Å². The monoisotopic (exact) mass is 315 g/mol. The van der Waals surface area contributed by atoms with Crippen LogP contribution in [0.15, 0.2) is 27.8 Å². The number of aromatic nitrogens is 5. The van der Waals surface area contributed by atoms with Gasteiger partial charge >= 0.3 is 0 Å². The van der Waals surface area contributed by atoms with E-state index in [0.717, 1.165) is 33.4 Å². The first-order chi connectivity index (χ1) is 10.6. The molecule has 2 aromatic heterocycles. The molecule has 0 aliphatic rings. The van der Waals surface area contributed by atoms with Crippen LogP contribution in [-0.2, 0) is 5.75 Å². The molecule has 3 aromatic rings. The molecule has 3 rings (SSSR count). The summed E-state index contributed by atoms with van der Waals surface area (Å²) in [6, 6.07) is 6.14. The molecule has 0 saturated heterocycles. The topological polar surface area (TPSA) is 69.6 Å². The van der Waals surface area contributed by atoms with Gasteiger partial charge in [-0.05, 0) is 49.2 Å². The van der Waals surface area contributed by atoms with E-state index in [1.54, 1.807) is 4.68 Å². The summed E-state index contributed by atoms with van der Waals surface area (Å²) in [5, 5.41) is 12.8. The first-order valence-electron chi connectivity index (χ1n) is 6.97. The SMILES string of the molecule is Cc1cccc(C)c1-n1nnnc1SCc1nc(C)c(C)o1. The van der Waals surface area contributed by atoms with Crippen LogP contribution in [0.4, 0.5) is 0 Å². The van der Waals surface area contributed by atoms with E-state index in [-0.39, 0.29) is 0 Å². The third-order valence-corrected chi connectivity index (χ3v) is 4.39. The second-order valence-electron chi connectivity index (χ2n) is 5.15. The summed E-state index contributed by atoms with van der Waals surface area (Å²) in [6.07, 6.45) is 0. The van der Waals surface area contributed by atoms with Gasteiger partial charge in [0.2, 0.25) is 11.0 Å². The molecule has 22 heavy (non-hydrogen) atoms. The summed E-state index contributed by atoms with van der Waals surface area (Å²) < 4.78 is 7.37. The molecule has 0 fully saturated rings. The molecule has 0 radical (unpaired) electrons. The Hall–Kier alpha value is -2.15. The van der Waals surface area contributed by atoms with E-state index in [1.807, 2.05) is 19.9 Å². The van der Waals surface area contributed by atoms with Crippen LogP contribution in [0.3, 0.4) is 0 Å². The smallest absolute Gasteiger partial charge is 0.214 e. The highest BCUT2D eigenvalue weighted by molar-refractivity contribution is 7.98. The van der Waals surface area contributed by atoms with E-state index in [9.17, 15) is 0 Å². The lowest BCUT2D eigenvalue weighted by molar-refractivity contribution is 0.489. The Labute approximate surface area is 132 Å². The predicted molar refractivity (Wildman–Crippen MR) is 84.2 cm³/mol. The average molecular weight is 315 g/mol. The lowest BCUT2D eigenvalue weighted by atomic mass is 10.1. The first-order valence-corrected chi connectivity index (χ1v) is 7.95. The lowest BCUT2D eigenvalue weighted by Gasteiger charge is -2.10. The standard InChI is InChI=1S/C15H17N5OS/c1-9-6-5-7-10(2)14(9)20-15(17-18-19-20)22-8-13-16-11(3)12(4)21-13/h5-7H,8H2,1-4H3. The van der Waals surface area contributed by atoms with Gasteiger partial charge in [-0.3, -0.25) is 0 Å². The highest BCUT2D eigenvalue weighted by atomic mass is 32.2. The number of benzene rings is 1. The van der Waals surface area contributed by atoms with Gasteiger partial charge in [-0.25, -0.2) is 4.98 Å². The summed E-state index contributed by atoms with van der Waals surface area (Å²) in [5.41, 5.74) is 4.22. The van der Waals surface area contributed by atoms with Crippen LogP contribution in [-0.4, -0.2) is 25.2 Å². The van der Waals surface area contributed by atoms with Gasteiger partial charge in [0.1, 0.15) is 5.76 Å². The Morgan fingerprint density at radius 2 is 1.86 bits per heavy atom. The summed E-state index contributed by atoms with van der Waals surface area (Å²) in [6.45, 7) is 7.96. The number of tetrazole rings is 1. The fourth-order valence-corrected chi connectivity index (χ4v) is 3.00. The Morgan fingerprint density at radius 1 is 1.14 bits per heavy atom. The number of hydrogen-bond donors (Lipinski definition) is 0. The quantitative estimate of drug-likeness (QED) is 0.689. The molecule has 0 saturated carbocycles. The van der Waals surface area contributed by atoms with Gasteiger partial charge in [0.15, 0.2) is 0 Å². The number of rotatable bonds is 4. The maximum absolute atomic E-state index is 5.60. The van der Waals surface area contributed by atoms with Crippen molar-refractivity contribution in [3.8, 4) is 5.69 Å². The van der Waals surface area contributed by atoms with Gasteiger partial charge in [0.25, 0.3) is 0 Å². The average Bonchev–Trinajstić information content (AvgIpc) is 3.04. The van der Waals surface area contributed by atoms with Gasteiger partial charge in [-0.1, -0.05) is 30.0 Å². The van der Waals surface area contributed by atoms with E-state index < -0.39 is 0 Å². The maximum Gasteiger partial charge on any atom is 0.214 e. The zero-order valence-electron chi connectivity index (χ0n) is 13.0. The van der Waals surface area contributed by atoms with E-state index in [2.05, 4.69) is 46.5 Å². The lowest BCUT2D eigenvalue weighted by Crippen LogP contribution is -2.04. The minimum atomic E-state index is 0.597. The molecule has 0 aliphatic heterocycles. The Kier molecular flexibility index (Phi) is 3.98. The molecule has 1 aromatic carbocycles. The van der Waals surface area contributed by atoms with Crippen LogP contribution in [0.25, 0.3) is 5.69 Å². The fourth-order valence-electron chi connectivity index (χ4n) is 2.28. The maximum atomic E-state index is 5.60. The summed E-state index contributed by atoms with van der Waals surface area (Å²) in [7, 11) is 0. The van der Waals surface area contributed by atoms with Crippen molar-refractivity contribution < 1.29 is 4.42 Å². The molecule has 0 N–H and O–H groups in total. The van der Waals surface area contributed by atoms with Crippen molar-refractivity contribution in [1.82, 2.24) is 25.2 Å². The Balaban J connectivity index is 1.86. The highest BCUT2D eigenvalue weighted by Crippen LogP contribution is 2.26. The molecule has 0 atom stereocenters. The minimum absolute atomic E-state index is 0.597. The van der Waals surface area contributed by atoms with Gasteiger partial charge < -0.3 is 4.42 Å². The highest BCUT2D eigenvalue weighted by Gasteiger charge is 2.15. The zero-order valence-corrected chi connectivity index (χ0v) is 13.8. The van der Waals surface area contributed by atoms with Gasteiger partial charge in [0, 0.05) is 0 Å². The molecule has 0 amide bonds. The third-order valence-electron chi connectivity index (χ3n) is 3.49. The number of aryl methyl sites for hydroxylation is 4. The molecule has 114 valence electrons. The van der Waals surface area contributed by atoms with Crippen LogP contribution in [0, 0.1) is 27.7 Å². The van der Waals surface area contributed by atoms with Crippen molar-refractivity contribution in [1.29, 1.82) is 0 Å². The largest absolute Gasteiger partial charge is 0.445 e. The van der Waals surface area contributed by atoms with Gasteiger partial charge in [-0.2, -0.15) is 4.68 Å². The second kappa shape index (κ2) is 5.92. The summed E-state index contributed by atoms with van der Waals surface area (Å²) in [5.74, 6) is 2.14.